The Morgan fingerprint density at radius 3 is 2.76 bits per heavy atom. The number of nitrogens with two attached hydrogens (primary N) is 1. The number of carbonyl (C=O) groups is 1. The maximum Gasteiger partial charge on any atom is 0.327 e. The molecule has 2 rings (SSSR count). The quantitative estimate of drug-likeness (QED) is 0.866. The molecular formula is C16H27N3O2. The van der Waals surface area contributed by atoms with E-state index in [2.05, 4.69) is 25.9 Å². The van der Waals surface area contributed by atoms with Crippen molar-refractivity contribution < 1.29 is 9.53 Å². The van der Waals surface area contributed by atoms with Crippen LogP contribution in [0.1, 0.15) is 51.6 Å². The van der Waals surface area contributed by atoms with E-state index in [4.69, 9.17) is 10.5 Å². The zero-order valence-electron chi connectivity index (χ0n) is 13.5. The van der Waals surface area contributed by atoms with Crippen molar-refractivity contribution in [2.45, 2.75) is 52.2 Å². The van der Waals surface area contributed by atoms with Crippen molar-refractivity contribution >= 4 is 5.97 Å². The Labute approximate surface area is 126 Å². The molecule has 1 saturated carbocycles. The second-order valence-electron chi connectivity index (χ2n) is 6.73. The van der Waals surface area contributed by atoms with E-state index in [0.717, 1.165) is 12.8 Å². The van der Waals surface area contributed by atoms with Crippen LogP contribution in [0.3, 0.4) is 0 Å². The van der Waals surface area contributed by atoms with E-state index in [-0.39, 0.29) is 12.1 Å². The summed E-state index contributed by atoms with van der Waals surface area (Å²) in [6, 6.07) is -0.747. The smallest absolute Gasteiger partial charge is 0.327 e. The molecule has 4 unspecified atom stereocenters. The van der Waals surface area contributed by atoms with E-state index in [9.17, 15) is 4.79 Å². The minimum absolute atomic E-state index is 0.0102. The van der Waals surface area contributed by atoms with Crippen LogP contribution in [0, 0.1) is 17.8 Å². The monoisotopic (exact) mass is 293 g/mol. The van der Waals surface area contributed by atoms with Gasteiger partial charge in [0, 0.05) is 18.8 Å². The average Bonchev–Trinajstić information content (AvgIpc) is 2.84. The first kappa shape index (κ1) is 16.0. The van der Waals surface area contributed by atoms with Crippen molar-refractivity contribution in [1.29, 1.82) is 0 Å². The summed E-state index contributed by atoms with van der Waals surface area (Å²) in [6.45, 7) is 6.61. The van der Waals surface area contributed by atoms with E-state index >= 15 is 0 Å². The van der Waals surface area contributed by atoms with Crippen molar-refractivity contribution in [1.82, 2.24) is 9.78 Å². The second kappa shape index (κ2) is 6.60. The SMILES string of the molecule is CC1CCC(C(C)C)C(OC(=O)C(N)c2cnn(C)c2)C1. The molecule has 0 aliphatic heterocycles. The van der Waals surface area contributed by atoms with E-state index in [0.29, 0.717) is 23.3 Å². The molecule has 1 aromatic heterocycles. The summed E-state index contributed by atoms with van der Waals surface area (Å²) < 4.78 is 7.40. The second-order valence-corrected chi connectivity index (χ2v) is 6.73. The van der Waals surface area contributed by atoms with E-state index in [1.165, 1.54) is 6.42 Å². The molecule has 1 aromatic rings. The van der Waals surface area contributed by atoms with E-state index < -0.39 is 6.04 Å². The first-order valence-corrected chi connectivity index (χ1v) is 7.83. The average molecular weight is 293 g/mol. The highest BCUT2D eigenvalue weighted by molar-refractivity contribution is 5.77. The fourth-order valence-electron chi connectivity index (χ4n) is 3.21. The van der Waals surface area contributed by atoms with Crippen molar-refractivity contribution in [2.24, 2.45) is 30.5 Å². The molecule has 1 fully saturated rings. The van der Waals surface area contributed by atoms with Gasteiger partial charge in [0.1, 0.15) is 12.1 Å². The van der Waals surface area contributed by atoms with Crippen molar-refractivity contribution in [2.75, 3.05) is 0 Å². The molecule has 0 aromatic carbocycles. The number of ether oxygens (including phenoxy) is 1. The molecule has 21 heavy (non-hydrogen) atoms. The third-order valence-corrected chi connectivity index (χ3v) is 4.57. The van der Waals surface area contributed by atoms with Gasteiger partial charge in [0.2, 0.25) is 0 Å². The molecule has 5 nitrogen and oxygen atoms in total. The summed E-state index contributed by atoms with van der Waals surface area (Å²) >= 11 is 0. The molecule has 1 heterocycles. The molecule has 1 aliphatic carbocycles. The highest BCUT2D eigenvalue weighted by Gasteiger charge is 2.34. The molecule has 0 radical (unpaired) electrons. The number of hydrogen-bond acceptors (Lipinski definition) is 4. The number of carbonyl (C=O) groups excluding carboxylic acids is 1. The van der Waals surface area contributed by atoms with Gasteiger partial charge in [0.15, 0.2) is 0 Å². The fourth-order valence-corrected chi connectivity index (χ4v) is 3.21. The molecule has 0 saturated heterocycles. The molecular weight excluding hydrogens is 266 g/mol. The van der Waals surface area contributed by atoms with Gasteiger partial charge < -0.3 is 10.5 Å². The van der Waals surface area contributed by atoms with Crippen LogP contribution in [-0.2, 0) is 16.6 Å². The van der Waals surface area contributed by atoms with Gasteiger partial charge in [-0.25, -0.2) is 4.79 Å². The third kappa shape index (κ3) is 3.84. The van der Waals surface area contributed by atoms with Crippen LogP contribution in [0.2, 0.25) is 0 Å². The number of rotatable bonds is 4. The Hall–Kier alpha value is -1.36. The molecule has 0 spiro atoms. The fraction of sp³-hybridized carbons (Fsp3) is 0.750. The Bertz CT molecular complexity index is 484. The van der Waals surface area contributed by atoms with Crippen LogP contribution in [0.4, 0.5) is 0 Å². The van der Waals surface area contributed by atoms with E-state index in [1.54, 1.807) is 24.1 Å². The maximum atomic E-state index is 12.3. The predicted molar refractivity (Wildman–Crippen MR) is 81.4 cm³/mol. The van der Waals surface area contributed by atoms with Gasteiger partial charge in [-0.3, -0.25) is 4.68 Å². The summed E-state index contributed by atoms with van der Waals surface area (Å²) in [4.78, 5) is 12.3. The van der Waals surface area contributed by atoms with Gasteiger partial charge in [-0.05, 0) is 30.6 Å². The Morgan fingerprint density at radius 2 is 2.19 bits per heavy atom. The van der Waals surface area contributed by atoms with Crippen molar-refractivity contribution in [3.05, 3.63) is 18.0 Å². The van der Waals surface area contributed by atoms with E-state index in [1.807, 2.05) is 0 Å². The largest absolute Gasteiger partial charge is 0.461 e. The first-order valence-electron chi connectivity index (χ1n) is 7.83. The van der Waals surface area contributed by atoms with Crippen LogP contribution >= 0.6 is 0 Å². The van der Waals surface area contributed by atoms with Gasteiger partial charge in [-0.1, -0.05) is 27.2 Å². The molecule has 5 heteroatoms. The first-order chi connectivity index (χ1) is 9.88. The van der Waals surface area contributed by atoms with Gasteiger partial charge in [-0.15, -0.1) is 0 Å². The number of hydrogen-bond donors (Lipinski definition) is 1. The van der Waals surface area contributed by atoms with Crippen LogP contribution in [0.25, 0.3) is 0 Å². The van der Waals surface area contributed by atoms with Crippen LogP contribution < -0.4 is 5.73 Å². The summed E-state index contributed by atoms with van der Waals surface area (Å²) in [5, 5.41) is 4.05. The van der Waals surface area contributed by atoms with Crippen LogP contribution in [0.15, 0.2) is 12.4 Å². The number of aromatic nitrogens is 2. The lowest BCUT2D eigenvalue weighted by atomic mass is 9.75. The molecule has 2 N–H and O–H groups in total. The Kier molecular flexibility index (Phi) is 5.04. The Morgan fingerprint density at radius 1 is 1.48 bits per heavy atom. The zero-order valence-corrected chi connectivity index (χ0v) is 13.5. The Balaban J connectivity index is 2.02. The number of esters is 1. The summed E-state index contributed by atoms with van der Waals surface area (Å²) in [5.74, 6) is 1.22. The lowest BCUT2D eigenvalue weighted by molar-refractivity contribution is -0.157. The highest BCUT2D eigenvalue weighted by atomic mass is 16.5. The molecule has 4 atom stereocenters. The van der Waals surface area contributed by atoms with Gasteiger partial charge in [0.05, 0.1) is 6.20 Å². The number of nitrogens with zero attached hydrogens (tertiary/aromatic N) is 2. The third-order valence-electron chi connectivity index (χ3n) is 4.57. The molecule has 118 valence electrons. The zero-order chi connectivity index (χ0) is 15.6. The number of aryl methyl sites for hydroxylation is 1. The van der Waals surface area contributed by atoms with Crippen molar-refractivity contribution in [3.63, 3.8) is 0 Å². The van der Waals surface area contributed by atoms with Crippen molar-refractivity contribution in [3.8, 4) is 0 Å². The minimum Gasteiger partial charge on any atom is -0.461 e. The highest BCUT2D eigenvalue weighted by Crippen LogP contribution is 2.35. The summed E-state index contributed by atoms with van der Waals surface area (Å²) in [7, 11) is 1.80. The summed E-state index contributed by atoms with van der Waals surface area (Å²) in [6.07, 6.45) is 6.65. The van der Waals surface area contributed by atoms with Crippen LogP contribution in [0.5, 0.6) is 0 Å². The molecule has 1 aliphatic rings. The maximum absolute atomic E-state index is 12.3. The topological polar surface area (TPSA) is 70.1 Å². The molecule has 0 bridgehead atoms. The standard InChI is InChI=1S/C16H27N3O2/c1-10(2)13-6-5-11(3)7-14(13)21-16(20)15(17)12-8-18-19(4)9-12/h8-11,13-15H,5-7,17H2,1-4H3. The van der Waals surface area contributed by atoms with Gasteiger partial charge in [0.25, 0.3) is 0 Å². The summed E-state index contributed by atoms with van der Waals surface area (Å²) in [5.41, 5.74) is 6.70. The van der Waals surface area contributed by atoms with Gasteiger partial charge >= 0.3 is 5.97 Å². The normalized spacial score (nSPS) is 27.6. The van der Waals surface area contributed by atoms with Gasteiger partial charge in [-0.2, -0.15) is 5.10 Å². The van der Waals surface area contributed by atoms with Crippen LogP contribution in [-0.4, -0.2) is 21.9 Å². The predicted octanol–water partition coefficient (Wildman–Crippen LogP) is 2.42. The molecule has 0 amide bonds. The minimum atomic E-state index is -0.747. The lowest BCUT2D eigenvalue weighted by Crippen LogP contribution is -2.38. The lowest BCUT2D eigenvalue weighted by Gasteiger charge is -2.37.